The molecule has 1 nitrogen and oxygen atoms in total. The number of halogens is 3. The van der Waals surface area contributed by atoms with Gasteiger partial charge in [-0.15, -0.1) is 0 Å². The van der Waals surface area contributed by atoms with E-state index < -0.39 is 16.9 Å². The van der Waals surface area contributed by atoms with Crippen LogP contribution in [0.3, 0.4) is 0 Å². The summed E-state index contributed by atoms with van der Waals surface area (Å²) in [6, 6.07) is 6.26. The number of hydrogen-bond acceptors (Lipinski definition) is 1. The van der Waals surface area contributed by atoms with Gasteiger partial charge in [0.15, 0.2) is 5.83 Å². The molecule has 0 aliphatic rings. The second-order valence-corrected chi connectivity index (χ2v) is 3.69. The fraction of sp³-hybridized carbons (Fsp3) is 0.250. The Labute approximate surface area is 97.7 Å². The van der Waals surface area contributed by atoms with Gasteiger partial charge >= 0.3 is 0 Å². The van der Waals surface area contributed by atoms with Crippen molar-refractivity contribution in [1.82, 2.24) is 0 Å². The minimum atomic E-state index is -1.55. The van der Waals surface area contributed by atoms with Crippen molar-refractivity contribution in [3.05, 3.63) is 41.2 Å². The number of benzene rings is 1. The van der Waals surface area contributed by atoms with E-state index in [1.807, 2.05) is 6.92 Å². The van der Waals surface area contributed by atoms with Crippen LogP contribution in [0.2, 0.25) is 0 Å². The van der Waals surface area contributed by atoms with E-state index in [0.717, 1.165) is 18.4 Å². The lowest BCUT2D eigenvalue weighted by atomic mass is 10.1. The van der Waals surface area contributed by atoms with E-state index in [9.17, 15) is 13.6 Å². The summed E-state index contributed by atoms with van der Waals surface area (Å²) >= 11 is 4.84. The molecule has 1 aromatic carbocycles. The zero-order valence-corrected chi connectivity index (χ0v) is 9.52. The fourth-order valence-corrected chi connectivity index (χ4v) is 1.40. The zero-order valence-electron chi connectivity index (χ0n) is 8.77. The van der Waals surface area contributed by atoms with Gasteiger partial charge in [0.05, 0.1) is 0 Å². The Kier molecular flexibility index (Phi) is 4.62. The van der Waals surface area contributed by atoms with E-state index in [1.54, 1.807) is 12.1 Å². The third-order valence-electron chi connectivity index (χ3n) is 2.11. The van der Waals surface area contributed by atoms with Gasteiger partial charge in [0, 0.05) is 5.56 Å². The third-order valence-corrected chi connectivity index (χ3v) is 2.28. The monoisotopic (exact) mass is 244 g/mol. The first-order chi connectivity index (χ1) is 7.56. The van der Waals surface area contributed by atoms with Crippen molar-refractivity contribution in [2.45, 2.75) is 19.8 Å². The maximum absolute atomic E-state index is 13.3. The SMILES string of the molecule is CCCc1ccc(/C(F)=C(/F)C(=O)Cl)cc1. The molecule has 0 N–H and O–H groups in total. The molecule has 0 aliphatic carbocycles. The van der Waals surface area contributed by atoms with Crippen molar-refractivity contribution < 1.29 is 13.6 Å². The van der Waals surface area contributed by atoms with Crippen LogP contribution in [0.4, 0.5) is 8.78 Å². The molecule has 0 aliphatic heterocycles. The van der Waals surface area contributed by atoms with Crippen LogP contribution in [0, 0.1) is 0 Å². The minimum absolute atomic E-state index is 0.0198. The molecule has 0 heterocycles. The Morgan fingerprint density at radius 3 is 2.25 bits per heavy atom. The fourth-order valence-electron chi connectivity index (χ4n) is 1.32. The van der Waals surface area contributed by atoms with E-state index in [2.05, 4.69) is 0 Å². The summed E-state index contributed by atoms with van der Waals surface area (Å²) in [5, 5.41) is -1.42. The summed E-state index contributed by atoms with van der Waals surface area (Å²) in [5.41, 5.74) is 1.06. The summed E-state index contributed by atoms with van der Waals surface area (Å²) in [7, 11) is 0. The molecule has 0 saturated carbocycles. The highest BCUT2D eigenvalue weighted by molar-refractivity contribution is 6.67. The van der Waals surface area contributed by atoms with E-state index >= 15 is 0 Å². The lowest BCUT2D eigenvalue weighted by Crippen LogP contribution is -1.91. The van der Waals surface area contributed by atoms with Gasteiger partial charge in [-0.1, -0.05) is 37.6 Å². The number of allylic oxidation sites excluding steroid dienone is 1. The normalized spacial score (nSPS) is 12.2. The van der Waals surface area contributed by atoms with Crippen LogP contribution in [-0.4, -0.2) is 5.24 Å². The summed E-state index contributed by atoms with van der Waals surface area (Å²) in [4.78, 5) is 10.4. The van der Waals surface area contributed by atoms with Gasteiger partial charge in [-0.2, -0.15) is 4.39 Å². The van der Waals surface area contributed by atoms with Gasteiger partial charge in [0.1, 0.15) is 0 Å². The first-order valence-electron chi connectivity index (χ1n) is 4.90. The summed E-state index contributed by atoms with van der Waals surface area (Å²) in [6.07, 6.45) is 1.86. The molecule has 0 spiro atoms. The molecule has 1 aromatic rings. The van der Waals surface area contributed by atoms with Gasteiger partial charge in [0.25, 0.3) is 5.24 Å². The second-order valence-electron chi connectivity index (χ2n) is 3.35. The van der Waals surface area contributed by atoms with Crippen LogP contribution in [0.5, 0.6) is 0 Å². The first kappa shape index (κ1) is 12.8. The predicted octanol–water partition coefficient (Wildman–Crippen LogP) is 4.01. The molecule has 0 atom stereocenters. The van der Waals surface area contributed by atoms with Crippen LogP contribution in [0.1, 0.15) is 24.5 Å². The summed E-state index contributed by atoms with van der Waals surface area (Å²) < 4.78 is 26.2. The summed E-state index contributed by atoms with van der Waals surface area (Å²) in [6.45, 7) is 2.03. The highest BCUT2D eigenvalue weighted by atomic mass is 35.5. The Bertz CT molecular complexity index is 410. The Hall–Kier alpha value is -1.22. The van der Waals surface area contributed by atoms with Crippen molar-refractivity contribution in [3.8, 4) is 0 Å². The van der Waals surface area contributed by atoms with E-state index in [4.69, 9.17) is 11.6 Å². The van der Waals surface area contributed by atoms with Crippen LogP contribution >= 0.6 is 11.6 Å². The number of carbonyl (C=O) groups excluding carboxylic acids is 1. The van der Waals surface area contributed by atoms with Gasteiger partial charge in [-0.05, 0) is 23.6 Å². The number of rotatable bonds is 4. The second kappa shape index (κ2) is 5.75. The van der Waals surface area contributed by atoms with Crippen LogP contribution in [0.15, 0.2) is 30.1 Å². The Balaban J connectivity index is 2.98. The molecule has 0 saturated heterocycles. The Morgan fingerprint density at radius 1 is 1.25 bits per heavy atom. The number of hydrogen-bond donors (Lipinski definition) is 0. The maximum atomic E-state index is 13.3. The smallest absolute Gasteiger partial charge is 0.273 e. The van der Waals surface area contributed by atoms with Crippen molar-refractivity contribution >= 4 is 22.7 Å². The van der Waals surface area contributed by atoms with Crippen molar-refractivity contribution in [3.63, 3.8) is 0 Å². The molecule has 86 valence electrons. The molecule has 0 radical (unpaired) electrons. The molecule has 1 rings (SSSR count). The van der Waals surface area contributed by atoms with Crippen molar-refractivity contribution in [2.24, 2.45) is 0 Å². The third kappa shape index (κ3) is 3.14. The molecule has 0 bridgehead atoms. The predicted molar refractivity (Wildman–Crippen MR) is 60.4 cm³/mol. The molecular weight excluding hydrogens is 234 g/mol. The first-order valence-corrected chi connectivity index (χ1v) is 5.28. The van der Waals surface area contributed by atoms with Crippen LogP contribution < -0.4 is 0 Å². The maximum Gasteiger partial charge on any atom is 0.283 e. The quantitative estimate of drug-likeness (QED) is 0.578. The average molecular weight is 245 g/mol. The van der Waals surface area contributed by atoms with E-state index in [0.29, 0.717) is 0 Å². The molecule has 0 amide bonds. The topological polar surface area (TPSA) is 17.1 Å². The van der Waals surface area contributed by atoms with E-state index in [-0.39, 0.29) is 5.56 Å². The van der Waals surface area contributed by atoms with Crippen molar-refractivity contribution in [2.75, 3.05) is 0 Å². The largest absolute Gasteiger partial charge is 0.283 e. The van der Waals surface area contributed by atoms with Crippen molar-refractivity contribution in [1.29, 1.82) is 0 Å². The highest BCUT2D eigenvalue weighted by Crippen LogP contribution is 2.23. The standard InChI is InChI=1S/C12H11ClF2O/c1-2-3-8-4-6-9(7-5-8)10(14)11(15)12(13)16/h4-7H,2-3H2,1H3/b11-10-. The van der Waals surface area contributed by atoms with Crippen LogP contribution in [0.25, 0.3) is 5.83 Å². The molecule has 4 heteroatoms. The Morgan fingerprint density at radius 2 is 1.81 bits per heavy atom. The van der Waals surface area contributed by atoms with Gasteiger partial charge in [-0.3, -0.25) is 4.79 Å². The zero-order chi connectivity index (χ0) is 12.1. The van der Waals surface area contributed by atoms with E-state index in [1.165, 1.54) is 12.1 Å². The molecule has 16 heavy (non-hydrogen) atoms. The number of carbonyl (C=O) groups is 1. The lowest BCUT2D eigenvalue weighted by molar-refractivity contribution is -0.109. The van der Waals surface area contributed by atoms with Crippen LogP contribution in [-0.2, 0) is 11.2 Å². The number of aryl methyl sites for hydroxylation is 1. The molecule has 0 unspecified atom stereocenters. The minimum Gasteiger partial charge on any atom is -0.273 e. The van der Waals surface area contributed by atoms with Gasteiger partial charge < -0.3 is 0 Å². The summed E-state index contributed by atoms with van der Waals surface area (Å²) in [5.74, 6) is -2.77. The molecule has 0 aromatic heterocycles. The van der Waals surface area contributed by atoms with Gasteiger partial charge in [0.2, 0.25) is 5.83 Å². The lowest BCUT2D eigenvalue weighted by Gasteiger charge is -2.01. The highest BCUT2D eigenvalue weighted by Gasteiger charge is 2.14. The molecule has 0 fully saturated rings. The average Bonchev–Trinajstić information content (AvgIpc) is 2.28. The molecular formula is C12H11ClF2O. The van der Waals surface area contributed by atoms with Gasteiger partial charge in [-0.25, -0.2) is 4.39 Å².